The van der Waals surface area contributed by atoms with Crippen LogP contribution in [0.4, 0.5) is 5.00 Å². The third kappa shape index (κ3) is 3.41. The lowest BCUT2D eigenvalue weighted by molar-refractivity contribution is 0.102. The molecule has 0 radical (unpaired) electrons. The van der Waals surface area contributed by atoms with Crippen molar-refractivity contribution in [2.45, 2.75) is 53.4 Å². The second kappa shape index (κ2) is 7.25. The van der Waals surface area contributed by atoms with Crippen molar-refractivity contribution in [3.05, 3.63) is 51.4 Å². The monoisotopic (exact) mass is 366 g/mol. The molecule has 0 fully saturated rings. The van der Waals surface area contributed by atoms with Gasteiger partial charge in [0.15, 0.2) is 0 Å². The lowest BCUT2D eigenvalue weighted by atomic mass is 9.69. The first-order valence-electron chi connectivity index (χ1n) is 9.29. The lowest BCUT2D eigenvalue weighted by Gasteiger charge is -2.36. The number of nitrogens with zero attached hydrogens (tertiary/aromatic N) is 1. The molecule has 1 amide bonds. The van der Waals surface area contributed by atoms with Crippen molar-refractivity contribution in [1.82, 2.24) is 0 Å². The molecule has 1 aromatic heterocycles. The van der Waals surface area contributed by atoms with Crippen molar-refractivity contribution in [3.8, 4) is 6.07 Å². The molecule has 0 saturated heterocycles. The molecular weight excluding hydrogens is 340 g/mol. The summed E-state index contributed by atoms with van der Waals surface area (Å²) < 4.78 is 0. The SMILES string of the molecule is CCC(C)(C)C1CCc2c(sc(NC(=O)c3ccccc3C)c2C#N)C1. The molecule has 1 unspecified atom stereocenters. The molecule has 1 N–H and O–H groups in total. The molecule has 4 heteroatoms. The van der Waals surface area contributed by atoms with Gasteiger partial charge in [0.25, 0.3) is 5.91 Å². The van der Waals surface area contributed by atoms with E-state index in [4.69, 9.17) is 0 Å². The Hall–Kier alpha value is -2.12. The maximum absolute atomic E-state index is 12.7. The highest BCUT2D eigenvalue weighted by Crippen LogP contribution is 2.45. The van der Waals surface area contributed by atoms with Crippen molar-refractivity contribution in [2.24, 2.45) is 11.3 Å². The Labute approximate surface area is 160 Å². The van der Waals surface area contributed by atoms with Gasteiger partial charge in [-0.1, -0.05) is 45.4 Å². The first-order valence-corrected chi connectivity index (χ1v) is 10.1. The van der Waals surface area contributed by atoms with Crippen molar-refractivity contribution in [1.29, 1.82) is 5.26 Å². The number of fused-ring (bicyclic) bond motifs is 1. The van der Waals surface area contributed by atoms with E-state index in [0.29, 0.717) is 27.5 Å². The molecule has 1 heterocycles. The highest BCUT2D eigenvalue weighted by atomic mass is 32.1. The summed E-state index contributed by atoms with van der Waals surface area (Å²) in [6, 6.07) is 9.88. The van der Waals surface area contributed by atoms with Gasteiger partial charge in [0.2, 0.25) is 0 Å². The van der Waals surface area contributed by atoms with Gasteiger partial charge in [0.1, 0.15) is 11.1 Å². The first-order chi connectivity index (χ1) is 12.4. The average Bonchev–Trinajstić information content (AvgIpc) is 2.97. The van der Waals surface area contributed by atoms with Crippen molar-refractivity contribution in [3.63, 3.8) is 0 Å². The van der Waals surface area contributed by atoms with Crippen LogP contribution in [0, 0.1) is 29.6 Å². The first kappa shape index (κ1) is 18.7. The van der Waals surface area contributed by atoms with E-state index in [-0.39, 0.29) is 5.91 Å². The van der Waals surface area contributed by atoms with E-state index >= 15 is 0 Å². The molecule has 0 saturated carbocycles. The number of carbonyl (C=O) groups is 1. The number of carbonyl (C=O) groups excluding carboxylic acids is 1. The summed E-state index contributed by atoms with van der Waals surface area (Å²) in [6.45, 7) is 8.85. The fourth-order valence-electron chi connectivity index (χ4n) is 3.75. The molecule has 1 aliphatic rings. The fraction of sp³-hybridized carbons (Fsp3) is 0.455. The van der Waals surface area contributed by atoms with Crippen LogP contribution in [0.5, 0.6) is 0 Å². The highest BCUT2D eigenvalue weighted by Gasteiger charge is 2.34. The van der Waals surface area contributed by atoms with Gasteiger partial charge in [-0.25, -0.2) is 0 Å². The molecule has 3 rings (SSSR count). The maximum atomic E-state index is 12.7. The molecule has 0 spiro atoms. The smallest absolute Gasteiger partial charge is 0.256 e. The van der Waals surface area contributed by atoms with Gasteiger partial charge in [-0.15, -0.1) is 11.3 Å². The number of anilines is 1. The number of thiophene rings is 1. The van der Waals surface area contributed by atoms with Crippen LogP contribution in [-0.4, -0.2) is 5.91 Å². The second-order valence-corrected chi connectivity index (χ2v) is 8.98. The Kier molecular flexibility index (Phi) is 5.20. The number of aryl methyl sites for hydroxylation is 1. The normalized spacial score (nSPS) is 16.7. The molecule has 0 aliphatic heterocycles. The quantitative estimate of drug-likeness (QED) is 0.752. The van der Waals surface area contributed by atoms with Crippen LogP contribution in [-0.2, 0) is 12.8 Å². The highest BCUT2D eigenvalue weighted by molar-refractivity contribution is 7.16. The zero-order valence-corrected chi connectivity index (χ0v) is 16.8. The molecular formula is C22H26N2OS. The number of nitrogens with one attached hydrogen (secondary N) is 1. The van der Waals surface area contributed by atoms with E-state index in [1.165, 1.54) is 4.88 Å². The van der Waals surface area contributed by atoms with E-state index in [0.717, 1.165) is 36.8 Å². The summed E-state index contributed by atoms with van der Waals surface area (Å²) >= 11 is 1.59. The second-order valence-electron chi connectivity index (χ2n) is 7.87. The third-order valence-electron chi connectivity index (χ3n) is 6.01. The summed E-state index contributed by atoms with van der Waals surface area (Å²) in [6.07, 6.45) is 4.21. The van der Waals surface area contributed by atoms with Gasteiger partial charge in [-0.2, -0.15) is 5.26 Å². The summed E-state index contributed by atoms with van der Waals surface area (Å²) in [5, 5.41) is 13.4. The van der Waals surface area contributed by atoms with E-state index in [2.05, 4.69) is 32.2 Å². The van der Waals surface area contributed by atoms with Gasteiger partial charge in [0, 0.05) is 10.4 Å². The standard InChI is InChI=1S/C22H26N2OS/c1-5-22(3,4)15-10-11-17-18(13-23)21(26-19(17)12-15)24-20(25)16-9-7-6-8-14(16)2/h6-9,15H,5,10-12H2,1-4H3,(H,24,25). The number of rotatable bonds is 4. The van der Waals surface area contributed by atoms with Crippen LogP contribution in [0.1, 0.15) is 65.5 Å². The van der Waals surface area contributed by atoms with E-state index in [9.17, 15) is 10.1 Å². The van der Waals surface area contributed by atoms with E-state index in [1.54, 1.807) is 11.3 Å². The zero-order chi connectivity index (χ0) is 18.9. The molecule has 1 aliphatic carbocycles. The summed E-state index contributed by atoms with van der Waals surface area (Å²) in [5.74, 6) is 0.494. The Balaban J connectivity index is 1.88. The van der Waals surface area contributed by atoms with Gasteiger partial charge in [-0.05, 0) is 54.7 Å². The van der Waals surface area contributed by atoms with Gasteiger partial charge >= 0.3 is 0 Å². The number of nitriles is 1. The molecule has 136 valence electrons. The maximum Gasteiger partial charge on any atom is 0.256 e. The lowest BCUT2D eigenvalue weighted by Crippen LogP contribution is -2.28. The predicted octanol–water partition coefficient (Wildman–Crippen LogP) is 5.72. The van der Waals surface area contributed by atoms with Gasteiger partial charge < -0.3 is 5.32 Å². The topological polar surface area (TPSA) is 52.9 Å². The summed E-state index contributed by atoms with van der Waals surface area (Å²) in [5.41, 5.74) is 3.72. The molecule has 2 aromatic rings. The molecule has 26 heavy (non-hydrogen) atoms. The van der Waals surface area contributed by atoms with Crippen LogP contribution < -0.4 is 5.32 Å². The molecule has 1 atom stereocenters. The number of benzene rings is 1. The molecule has 3 nitrogen and oxygen atoms in total. The van der Waals surface area contributed by atoms with Crippen molar-refractivity contribution < 1.29 is 4.79 Å². The largest absolute Gasteiger partial charge is 0.312 e. The predicted molar refractivity (Wildman–Crippen MR) is 108 cm³/mol. The van der Waals surface area contributed by atoms with E-state index in [1.807, 2.05) is 31.2 Å². The third-order valence-corrected chi connectivity index (χ3v) is 7.18. The summed E-state index contributed by atoms with van der Waals surface area (Å²) in [4.78, 5) is 13.9. The van der Waals surface area contributed by atoms with Crippen LogP contribution in [0.25, 0.3) is 0 Å². The zero-order valence-electron chi connectivity index (χ0n) is 16.0. The summed E-state index contributed by atoms with van der Waals surface area (Å²) in [7, 11) is 0. The Bertz CT molecular complexity index is 873. The van der Waals surface area contributed by atoms with Crippen LogP contribution in [0.3, 0.4) is 0 Å². The fourth-order valence-corrected chi connectivity index (χ4v) is 5.02. The van der Waals surface area contributed by atoms with Gasteiger partial charge in [-0.3, -0.25) is 4.79 Å². The van der Waals surface area contributed by atoms with Crippen LogP contribution >= 0.6 is 11.3 Å². The Morgan fingerprint density at radius 2 is 2.12 bits per heavy atom. The minimum atomic E-state index is -0.136. The van der Waals surface area contributed by atoms with E-state index < -0.39 is 0 Å². The molecule has 0 bridgehead atoms. The van der Waals surface area contributed by atoms with Crippen LogP contribution in [0.2, 0.25) is 0 Å². The minimum absolute atomic E-state index is 0.136. The number of amides is 1. The van der Waals surface area contributed by atoms with Crippen LogP contribution in [0.15, 0.2) is 24.3 Å². The van der Waals surface area contributed by atoms with Gasteiger partial charge in [0.05, 0.1) is 5.56 Å². The van der Waals surface area contributed by atoms with Crippen molar-refractivity contribution >= 4 is 22.2 Å². The minimum Gasteiger partial charge on any atom is -0.312 e. The van der Waals surface area contributed by atoms with Crippen molar-refractivity contribution in [2.75, 3.05) is 5.32 Å². The molecule has 1 aromatic carbocycles. The Morgan fingerprint density at radius 1 is 1.38 bits per heavy atom. The average molecular weight is 367 g/mol. The number of hydrogen-bond acceptors (Lipinski definition) is 3. The Morgan fingerprint density at radius 3 is 2.77 bits per heavy atom. The number of hydrogen-bond donors (Lipinski definition) is 1.